The van der Waals surface area contributed by atoms with Gasteiger partial charge in [-0.15, -0.1) is 0 Å². The number of hydrogen-bond acceptors (Lipinski definition) is 3. The highest BCUT2D eigenvalue weighted by Crippen LogP contribution is 2.33. The molecule has 0 radical (unpaired) electrons. The number of carboxylic acids is 1. The third-order valence-corrected chi connectivity index (χ3v) is 3.50. The fraction of sp³-hybridized carbons (Fsp3) is 0.333. The summed E-state index contributed by atoms with van der Waals surface area (Å²) in [7, 11) is 0. The molecule has 5 nitrogen and oxygen atoms in total. The summed E-state index contributed by atoms with van der Waals surface area (Å²) in [5, 5.41) is 8.91. The normalized spacial score (nSPS) is 14.3. The zero-order valence-electron chi connectivity index (χ0n) is 9.60. The Kier molecular flexibility index (Phi) is 3.56. The van der Waals surface area contributed by atoms with Gasteiger partial charge in [-0.05, 0) is 47.0 Å². The van der Waals surface area contributed by atoms with Crippen molar-refractivity contribution in [2.45, 2.75) is 18.9 Å². The molecule has 6 heteroatoms. The second kappa shape index (κ2) is 4.97. The van der Waals surface area contributed by atoms with Gasteiger partial charge in [0.1, 0.15) is 6.54 Å². The summed E-state index contributed by atoms with van der Waals surface area (Å²) >= 11 is 3.28. The van der Waals surface area contributed by atoms with E-state index in [9.17, 15) is 9.59 Å². The lowest BCUT2D eigenvalue weighted by molar-refractivity contribution is -0.135. The molecule has 0 spiro atoms. The maximum absolute atomic E-state index is 11.1. The highest BCUT2D eigenvalue weighted by Gasteiger charge is 2.30. The molecule has 1 amide bonds. The molecule has 1 fully saturated rings. The molecule has 1 aliphatic rings. The van der Waals surface area contributed by atoms with E-state index in [4.69, 9.17) is 10.8 Å². The van der Waals surface area contributed by atoms with Crippen LogP contribution in [0.25, 0.3) is 0 Å². The van der Waals surface area contributed by atoms with E-state index in [2.05, 4.69) is 15.9 Å². The van der Waals surface area contributed by atoms with Crippen molar-refractivity contribution in [1.29, 1.82) is 0 Å². The number of nitrogens with zero attached hydrogens (tertiary/aromatic N) is 1. The zero-order chi connectivity index (χ0) is 13.3. The lowest BCUT2D eigenvalue weighted by Crippen LogP contribution is -2.31. The van der Waals surface area contributed by atoms with Crippen molar-refractivity contribution < 1.29 is 14.7 Å². The Hall–Kier alpha value is -1.56. The Morgan fingerprint density at radius 3 is 2.56 bits per heavy atom. The van der Waals surface area contributed by atoms with Crippen LogP contribution in [-0.2, 0) is 4.79 Å². The molecule has 96 valence electrons. The molecule has 0 saturated heterocycles. The number of carbonyl (C=O) groups is 2. The quantitative estimate of drug-likeness (QED) is 0.865. The summed E-state index contributed by atoms with van der Waals surface area (Å²) in [6, 6.07) is 5.36. The van der Waals surface area contributed by atoms with Crippen molar-refractivity contribution >= 4 is 33.5 Å². The van der Waals surface area contributed by atoms with Gasteiger partial charge in [0.05, 0.1) is 5.56 Å². The molecule has 1 saturated carbocycles. The van der Waals surface area contributed by atoms with Crippen LogP contribution in [0.1, 0.15) is 23.2 Å². The van der Waals surface area contributed by atoms with Crippen LogP contribution in [0.15, 0.2) is 22.7 Å². The van der Waals surface area contributed by atoms with Gasteiger partial charge in [0.25, 0.3) is 0 Å². The predicted octanol–water partition coefficient (Wildman–Crippen LogP) is 1.60. The molecule has 18 heavy (non-hydrogen) atoms. The van der Waals surface area contributed by atoms with E-state index in [-0.39, 0.29) is 12.6 Å². The molecule has 0 aliphatic heterocycles. The fourth-order valence-corrected chi connectivity index (χ4v) is 2.41. The molecule has 0 unspecified atom stereocenters. The van der Waals surface area contributed by atoms with Crippen LogP contribution in [0.5, 0.6) is 0 Å². The summed E-state index contributed by atoms with van der Waals surface area (Å²) in [5.74, 6) is -1.37. The Bertz CT molecular complexity index is 500. The van der Waals surface area contributed by atoms with Gasteiger partial charge >= 0.3 is 5.97 Å². The molecule has 0 bridgehead atoms. The van der Waals surface area contributed by atoms with Gasteiger partial charge in [0.2, 0.25) is 5.91 Å². The average Bonchev–Trinajstić information content (AvgIpc) is 3.08. The van der Waals surface area contributed by atoms with E-state index in [1.807, 2.05) is 4.90 Å². The fourth-order valence-electron chi connectivity index (χ4n) is 1.85. The largest absolute Gasteiger partial charge is 0.480 e. The highest BCUT2D eigenvalue weighted by atomic mass is 79.9. The van der Waals surface area contributed by atoms with Crippen LogP contribution in [0.2, 0.25) is 0 Å². The first-order chi connectivity index (χ1) is 8.49. The minimum Gasteiger partial charge on any atom is -0.480 e. The van der Waals surface area contributed by atoms with Gasteiger partial charge in [0, 0.05) is 16.2 Å². The van der Waals surface area contributed by atoms with E-state index in [0.29, 0.717) is 10.0 Å². The summed E-state index contributed by atoms with van der Waals surface area (Å²) in [4.78, 5) is 23.8. The topological polar surface area (TPSA) is 83.6 Å². The van der Waals surface area contributed by atoms with Crippen LogP contribution in [-0.4, -0.2) is 29.6 Å². The van der Waals surface area contributed by atoms with E-state index < -0.39 is 11.9 Å². The van der Waals surface area contributed by atoms with E-state index >= 15 is 0 Å². The molecule has 3 N–H and O–H groups in total. The predicted molar refractivity (Wildman–Crippen MR) is 70.7 cm³/mol. The lowest BCUT2D eigenvalue weighted by atomic mass is 10.2. The molecular weight excluding hydrogens is 300 g/mol. The van der Waals surface area contributed by atoms with Gasteiger partial charge in [0.15, 0.2) is 0 Å². The third kappa shape index (κ3) is 2.81. The molecule has 2 rings (SSSR count). The van der Waals surface area contributed by atoms with Crippen molar-refractivity contribution in [1.82, 2.24) is 0 Å². The number of anilines is 1. The first kappa shape index (κ1) is 12.9. The van der Waals surface area contributed by atoms with Gasteiger partial charge in [-0.3, -0.25) is 9.59 Å². The van der Waals surface area contributed by atoms with Crippen LogP contribution >= 0.6 is 15.9 Å². The molecule has 1 aromatic rings. The standard InChI is InChI=1S/C12H13BrN2O3/c13-10-5-8(3-4-9(10)12(14)18)15(6-11(16)17)7-1-2-7/h3-5,7H,1-2,6H2,(H2,14,18)(H,16,17). The maximum Gasteiger partial charge on any atom is 0.323 e. The minimum atomic E-state index is -0.864. The summed E-state index contributed by atoms with van der Waals surface area (Å²) in [6.45, 7) is -0.0347. The second-order valence-electron chi connectivity index (χ2n) is 4.28. The molecule has 0 atom stereocenters. The summed E-state index contributed by atoms with van der Waals surface area (Å²) in [6.07, 6.45) is 2.00. The molecule has 1 aromatic carbocycles. The maximum atomic E-state index is 11.1. The number of aliphatic carboxylic acids is 1. The number of carboxylic acid groups (broad SMARTS) is 1. The van der Waals surface area contributed by atoms with Crippen molar-refractivity contribution in [2.75, 3.05) is 11.4 Å². The molecule has 1 aliphatic carbocycles. The van der Waals surface area contributed by atoms with Crippen LogP contribution < -0.4 is 10.6 Å². The number of carbonyl (C=O) groups excluding carboxylic acids is 1. The van der Waals surface area contributed by atoms with Gasteiger partial charge < -0.3 is 15.7 Å². The molecular formula is C12H13BrN2O3. The van der Waals surface area contributed by atoms with E-state index in [1.54, 1.807) is 18.2 Å². The Morgan fingerprint density at radius 2 is 2.11 bits per heavy atom. The number of hydrogen-bond donors (Lipinski definition) is 2. The zero-order valence-corrected chi connectivity index (χ0v) is 11.2. The Morgan fingerprint density at radius 1 is 1.44 bits per heavy atom. The number of rotatable bonds is 5. The van der Waals surface area contributed by atoms with Crippen molar-refractivity contribution in [3.05, 3.63) is 28.2 Å². The highest BCUT2D eigenvalue weighted by molar-refractivity contribution is 9.10. The van der Waals surface area contributed by atoms with Crippen LogP contribution in [0.3, 0.4) is 0 Å². The first-order valence-electron chi connectivity index (χ1n) is 5.57. The number of nitrogens with two attached hydrogens (primary N) is 1. The number of primary amides is 1. The van der Waals surface area contributed by atoms with Crippen molar-refractivity contribution in [3.63, 3.8) is 0 Å². The van der Waals surface area contributed by atoms with E-state index in [0.717, 1.165) is 18.5 Å². The lowest BCUT2D eigenvalue weighted by Gasteiger charge is -2.23. The average molecular weight is 313 g/mol. The minimum absolute atomic E-state index is 0.0347. The Balaban J connectivity index is 2.28. The monoisotopic (exact) mass is 312 g/mol. The number of halogens is 1. The van der Waals surface area contributed by atoms with Crippen LogP contribution in [0.4, 0.5) is 5.69 Å². The smallest absolute Gasteiger partial charge is 0.323 e. The van der Waals surface area contributed by atoms with Gasteiger partial charge in [-0.2, -0.15) is 0 Å². The summed E-state index contributed by atoms with van der Waals surface area (Å²) < 4.78 is 0.587. The van der Waals surface area contributed by atoms with Crippen molar-refractivity contribution in [2.24, 2.45) is 5.73 Å². The summed E-state index contributed by atoms with van der Waals surface area (Å²) in [5.41, 5.74) is 6.40. The Labute approximate surface area is 113 Å². The second-order valence-corrected chi connectivity index (χ2v) is 5.14. The first-order valence-corrected chi connectivity index (χ1v) is 6.36. The van der Waals surface area contributed by atoms with E-state index in [1.165, 1.54) is 0 Å². The van der Waals surface area contributed by atoms with Gasteiger partial charge in [-0.25, -0.2) is 0 Å². The number of amides is 1. The SMILES string of the molecule is NC(=O)c1ccc(N(CC(=O)O)C2CC2)cc1Br. The number of benzene rings is 1. The molecule has 0 heterocycles. The van der Waals surface area contributed by atoms with Crippen molar-refractivity contribution in [3.8, 4) is 0 Å². The third-order valence-electron chi connectivity index (χ3n) is 2.84. The van der Waals surface area contributed by atoms with Gasteiger partial charge in [-0.1, -0.05) is 0 Å². The molecule has 0 aromatic heterocycles. The van der Waals surface area contributed by atoms with Crippen LogP contribution in [0, 0.1) is 0 Å².